The number of nitrogens with zero attached hydrogens (tertiary/aromatic N) is 1. The Morgan fingerprint density at radius 1 is 1.12 bits per heavy atom. The van der Waals surface area contributed by atoms with Crippen LogP contribution in [0.2, 0.25) is 0 Å². The molecule has 2 rings (SSSR count). The zero-order valence-electron chi connectivity index (χ0n) is 8.63. The van der Waals surface area contributed by atoms with Gasteiger partial charge in [-0.05, 0) is 12.1 Å². The third-order valence-electron chi connectivity index (χ3n) is 2.33. The predicted molar refractivity (Wildman–Crippen MR) is 63.2 cm³/mol. The fourth-order valence-corrected chi connectivity index (χ4v) is 1.45. The molecule has 2 aromatic rings. The van der Waals surface area contributed by atoms with Gasteiger partial charge in [0.1, 0.15) is 5.75 Å². The van der Waals surface area contributed by atoms with Crippen molar-refractivity contribution in [3.63, 3.8) is 0 Å². The Kier molecular flexibility index (Phi) is 2.60. The van der Waals surface area contributed by atoms with Gasteiger partial charge in [0, 0.05) is 35.8 Å². The maximum absolute atomic E-state index is 11.0. The molecule has 1 heterocycles. The number of rotatable bonds is 2. The van der Waals surface area contributed by atoms with E-state index in [0.717, 1.165) is 0 Å². The molecule has 0 aliphatic heterocycles. The Balaban J connectivity index is 2.43. The summed E-state index contributed by atoms with van der Waals surface area (Å²) in [6, 6.07) is 9.84. The number of aromatic nitrogens is 1. The summed E-state index contributed by atoms with van der Waals surface area (Å²) in [5, 5.41) is 9.66. The highest BCUT2D eigenvalue weighted by Gasteiger charge is 2.04. The van der Waals surface area contributed by atoms with Crippen molar-refractivity contribution in [3.8, 4) is 5.75 Å². The van der Waals surface area contributed by atoms with Gasteiger partial charge in [0.2, 0.25) is 0 Å². The minimum atomic E-state index is -0.0543. The van der Waals surface area contributed by atoms with E-state index >= 15 is 0 Å². The third-order valence-corrected chi connectivity index (χ3v) is 2.33. The van der Waals surface area contributed by atoms with Gasteiger partial charge in [-0.15, -0.1) is 0 Å². The summed E-state index contributed by atoms with van der Waals surface area (Å²) in [4.78, 5) is 11.0. The van der Waals surface area contributed by atoms with Crippen molar-refractivity contribution in [3.05, 3.63) is 71.2 Å². The average Bonchev–Trinajstić information content (AvgIpc) is 2.30. The molecule has 0 radical (unpaired) electrons. The lowest BCUT2D eigenvalue weighted by molar-refractivity contribution is 0.473. The van der Waals surface area contributed by atoms with E-state index in [9.17, 15) is 9.90 Å². The van der Waals surface area contributed by atoms with E-state index < -0.39 is 0 Å². The summed E-state index contributed by atoms with van der Waals surface area (Å²) in [7, 11) is 0. The molecule has 0 fully saturated rings. The molecule has 0 atom stereocenters. The SMILES string of the molecule is C=C(c1ccccc1O)n1ccc(=O)cc1. The number of para-hydroxylation sites is 1. The standard InChI is InChI=1S/C13H11NO2/c1-10(12-4-2-3-5-13(12)16)14-8-6-11(15)7-9-14/h2-9,16H,1H2. The molecule has 0 bridgehead atoms. The fraction of sp³-hybridized carbons (Fsp3) is 0. The van der Waals surface area contributed by atoms with E-state index in [2.05, 4.69) is 6.58 Å². The zero-order chi connectivity index (χ0) is 11.5. The summed E-state index contributed by atoms with van der Waals surface area (Å²) in [6.07, 6.45) is 3.24. The smallest absolute Gasteiger partial charge is 0.181 e. The van der Waals surface area contributed by atoms with Crippen LogP contribution in [0.3, 0.4) is 0 Å². The zero-order valence-corrected chi connectivity index (χ0v) is 8.63. The number of pyridine rings is 1. The molecule has 0 aliphatic carbocycles. The Bertz CT molecular complexity index is 564. The van der Waals surface area contributed by atoms with Crippen molar-refractivity contribution in [2.45, 2.75) is 0 Å². The Hall–Kier alpha value is -2.29. The van der Waals surface area contributed by atoms with Crippen molar-refractivity contribution in [2.75, 3.05) is 0 Å². The molecule has 1 aromatic carbocycles. The second-order valence-electron chi connectivity index (χ2n) is 3.40. The minimum absolute atomic E-state index is 0.0543. The predicted octanol–water partition coefficient (Wildman–Crippen LogP) is 2.07. The van der Waals surface area contributed by atoms with E-state index in [1.54, 1.807) is 35.2 Å². The molecule has 3 heteroatoms. The Labute approximate surface area is 92.9 Å². The molecule has 0 saturated heterocycles. The van der Waals surface area contributed by atoms with Gasteiger partial charge in [-0.1, -0.05) is 18.7 Å². The first-order chi connectivity index (χ1) is 7.68. The van der Waals surface area contributed by atoms with Crippen LogP contribution >= 0.6 is 0 Å². The quantitative estimate of drug-likeness (QED) is 0.829. The van der Waals surface area contributed by atoms with Crippen LogP contribution in [0.1, 0.15) is 5.56 Å². The molecule has 0 aliphatic rings. The van der Waals surface area contributed by atoms with Gasteiger partial charge in [-0.2, -0.15) is 0 Å². The molecule has 0 amide bonds. The van der Waals surface area contributed by atoms with Crippen LogP contribution in [0.5, 0.6) is 5.75 Å². The normalized spacial score (nSPS) is 10.0. The van der Waals surface area contributed by atoms with Gasteiger partial charge in [0.15, 0.2) is 5.43 Å². The van der Waals surface area contributed by atoms with Crippen molar-refractivity contribution in [1.29, 1.82) is 0 Å². The van der Waals surface area contributed by atoms with Gasteiger partial charge < -0.3 is 9.67 Å². The lowest BCUT2D eigenvalue weighted by atomic mass is 10.1. The lowest BCUT2D eigenvalue weighted by Crippen LogP contribution is -2.03. The largest absolute Gasteiger partial charge is 0.507 e. The van der Waals surface area contributed by atoms with Gasteiger partial charge >= 0.3 is 0 Å². The van der Waals surface area contributed by atoms with Crippen molar-refractivity contribution in [1.82, 2.24) is 4.57 Å². The first-order valence-electron chi connectivity index (χ1n) is 4.84. The Morgan fingerprint density at radius 3 is 2.38 bits per heavy atom. The van der Waals surface area contributed by atoms with Crippen LogP contribution in [0.4, 0.5) is 0 Å². The molecule has 80 valence electrons. The number of aromatic hydroxyl groups is 1. The van der Waals surface area contributed by atoms with Gasteiger partial charge in [0.05, 0.1) is 0 Å². The van der Waals surface area contributed by atoms with Crippen molar-refractivity contribution < 1.29 is 5.11 Å². The third kappa shape index (κ3) is 1.88. The summed E-state index contributed by atoms with van der Waals surface area (Å²) in [5.41, 5.74) is 1.21. The molecule has 3 nitrogen and oxygen atoms in total. The van der Waals surface area contributed by atoms with E-state index in [4.69, 9.17) is 0 Å². The second-order valence-corrected chi connectivity index (χ2v) is 3.40. The van der Waals surface area contributed by atoms with Crippen LogP contribution in [-0.2, 0) is 0 Å². The molecule has 0 unspecified atom stereocenters. The Morgan fingerprint density at radius 2 is 1.75 bits per heavy atom. The highest BCUT2D eigenvalue weighted by molar-refractivity contribution is 5.68. The number of hydrogen-bond acceptors (Lipinski definition) is 2. The van der Waals surface area contributed by atoms with Crippen LogP contribution in [0, 0.1) is 0 Å². The van der Waals surface area contributed by atoms with Gasteiger partial charge in [0.25, 0.3) is 0 Å². The number of benzene rings is 1. The molecule has 0 spiro atoms. The van der Waals surface area contributed by atoms with Crippen LogP contribution in [0.25, 0.3) is 5.70 Å². The number of phenolic OH excluding ortho intramolecular Hbond substituents is 1. The highest BCUT2D eigenvalue weighted by atomic mass is 16.3. The van der Waals surface area contributed by atoms with Crippen molar-refractivity contribution >= 4 is 5.70 Å². The second kappa shape index (κ2) is 4.06. The van der Waals surface area contributed by atoms with E-state index in [0.29, 0.717) is 11.3 Å². The molecular weight excluding hydrogens is 202 g/mol. The fourth-order valence-electron chi connectivity index (χ4n) is 1.45. The van der Waals surface area contributed by atoms with E-state index in [-0.39, 0.29) is 11.2 Å². The average molecular weight is 213 g/mol. The molecule has 1 N–H and O–H groups in total. The molecule has 16 heavy (non-hydrogen) atoms. The van der Waals surface area contributed by atoms with Crippen molar-refractivity contribution in [2.24, 2.45) is 0 Å². The monoisotopic (exact) mass is 213 g/mol. The first kappa shape index (κ1) is 10.2. The summed E-state index contributed by atoms with van der Waals surface area (Å²) in [5.74, 6) is 0.172. The molecule has 1 aromatic heterocycles. The minimum Gasteiger partial charge on any atom is -0.507 e. The van der Waals surface area contributed by atoms with Gasteiger partial charge in [-0.25, -0.2) is 0 Å². The van der Waals surface area contributed by atoms with Crippen LogP contribution in [-0.4, -0.2) is 9.67 Å². The maximum atomic E-state index is 11.0. The van der Waals surface area contributed by atoms with Crippen LogP contribution in [0.15, 0.2) is 60.2 Å². The molecule has 0 saturated carbocycles. The van der Waals surface area contributed by atoms with E-state index in [1.165, 1.54) is 12.1 Å². The number of hydrogen-bond donors (Lipinski definition) is 1. The van der Waals surface area contributed by atoms with Gasteiger partial charge in [-0.3, -0.25) is 4.79 Å². The summed E-state index contributed by atoms with van der Waals surface area (Å²) < 4.78 is 1.69. The lowest BCUT2D eigenvalue weighted by Gasteiger charge is -2.10. The summed E-state index contributed by atoms with van der Waals surface area (Å²) >= 11 is 0. The highest BCUT2D eigenvalue weighted by Crippen LogP contribution is 2.23. The van der Waals surface area contributed by atoms with Crippen LogP contribution < -0.4 is 5.43 Å². The van der Waals surface area contributed by atoms with E-state index in [1.807, 2.05) is 6.07 Å². The number of phenols is 1. The summed E-state index contributed by atoms with van der Waals surface area (Å²) in [6.45, 7) is 3.89. The molecular formula is C13H11NO2. The first-order valence-corrected chi connectivity index (χ1v) is 4.84. The topological polar surface area (TPSA) is 42.2 Å². The maximum Gasteiger partial charge on any atom is 0.181 e.